The van der Waals surface area contributed by atoms with Gasteiger partial charge in [0, 0.05) is 18.7 Å². The summed E-state index contributed by atoms with van der Waals surface area (Å²) in [4.78, 5) is 15.3. The zero-order chi connectivity index (χ0) is 21.0. The van der Waals surface area contributed by atoms with Crippen molar-refractivity contribution in [2.24, 2.45) is 0 Å². The van der Waals surface area contributed by atoms with Crippen molar-refractivity contribution in [1.29, 1.82) is 0 Å². The lowest BCUT2D eigenvalue weighted by molar-refractivity contribution is 0.0746. The number of carbonyl (C=O) groups is 1. The monoisotopic (exact) mass is 409 g/mol. The van der Waals surface area contributed by atoms with Gasteiger partial charge in [-0.3, -0.25) is 4.79 Å². The minimum atomic E-state index is -0.0174. The Morgan fingerprint density at radius 1 is 1.00 bits per heavy atom. The molecule has 0 aliphatic heterocycles. The molecular weight excluding hydrogens is 382 g/mol. The average molecular weight is 410 g/mol. The summed E-state index contributed by atoms with van der Waals surface area (Å²) in [6.45, 7) is 9.78. The molecule has 1 amide bonds. The Morgan fingerprint density at radius 2 is 1.69 bits per heavy atom. The van der Waals surface area contributed by atoms with Gasteiger partial charge in [0.05, 0.1) is 16.4 Å². The van der Waals surface area contributed by atoms with Crippen molar-refractivity contribution < 1.29 is 4.79 Å². The molecule has 2 aromatic carbocycles. The van der Waals surface area contributed by atoms with E-state index < -0.39 is 0 Å². The van der Waals surface area contributed by atoms with E-state index in [0.717, 1.165) is 37.2 Å². The van der Waals surface area contributed by atoms with Crippen molar-refractivity contribution in [3.8, 4) is 16.9 Å². The number of aryl methyl sites for hydroxylation is 2. The first kappa shape index (κ1) is 21.1. The van der Waals surface area contributed by atoms with Crippen molar-refractivity contribution >= 4 is 17.5 Å². The van der Waals surface area contributed by atoms with E-state index in [2.05, 4.69) is 39.8 Å². The highest BCUT2D eigenvalue weighted by atomic mass is 35.5. The van der Waals surface area contributed by atoms with E-state index in [4.69, 9.17) is 16.7 Å². The van der Waals surface area contributed by atoms with Gasteiger partial charge >= 0.3 is 0 Å². The molecule has 152 valence electrons. The fourth-order valence-corrected chi connectivity index (χ4v) is 3.61. The maximum absolute atomic E-state index is 13.4. The number of aromatic nitrogens is 2. The minimum Gasteiger partial charge on any atom is -0.337 e. The van der Waals surface area contributed by atoms with E-state index in [-0.39, 0.29) is 5.91 Å². The van der Waals surface area contributed by atoms with Gasteiger partial charge in [0.15, 0.2) is 0 Å². The highest BCUT2D eigenvalue weighted by Gasteiger charge is 2.23. The van der Waals surface area contributed by atoms with E-state index in [1.165, 1.54) is 11.1 Å². The van der Waals surface area contributed by atoms with Crippen molar-refractivity contribution in [2.45, 2.75) is 40.5 Å². The first-order valence-corrected chi connectivity index (χ1v) is 10.6. The van der Waals surface area contributed by atoms with Crippen LogP contribution in [0.15, 0.2) is 48.5 Å². The van der Waals surface area contributed by atoms with Crippen LogP contribution < -0.4 is 0 Å². The number of carbonyl (C=O) groups excluding carboxylic acids is 1. The molecule has 0 saturated heterocycles. The van der Waals surface area contributed by atoms with Gasteiger partial charge in [-0.2, -0.15) is 5.10 Å². The average Bonchev–Trinajstić information content (AvgIpc) is 3.15. The number of rotatable bonds is 7. The summed E-state index contributed by atoms with van der Waals surface area (Å²) in [6, 6.07) is 15.6. The molecule has 4 nitrogen and oxygen atoms in total. The second kappa shape index (κ2) is 9.27. The number of hydrogen-bond donors (Lipinski definition) is 0. The van der Waals surface area contributed by atoms with E-state index in [1.54, 1.807) is 4.68 Å². The SMILES string of the molecule is CCCN(CCC)C(=O)c1cc(-c2ccc(C)c(C)c2)nn1-c1ccccc1Cl. The smallest absolute Gasteiger partial charge is 0.272 e. The maximum Gasteiger partial charge on any atom is 0.272 e. The molecule has 1 aromatic heterocycles. The van der Waals surface area contributed by atoms with Crippen LogP contribution in [0.2, 0.25) is 5.02 Å². The lowest BCUT2D eigenvalue weighted by Gasteiger charge is -2.21. The third-order valence-corrected chi connectivity index (χ3v) is 5.41. The van der Waals surface area contributed by atoms with Crippen LogP contribution in [0.1, 0.15) is 48.3 Å². The van der Waals surface area contributed by atoms with E-state index in [1.807, 2.05) is 41.3 Å². The molecule has 0 bridgehead atoms. The Morgan fingerprint density at radius 3 is 2.31 bits per heavy atom. The highest BCUT2D eigenvalue weighted by Crippen LogP contribution is 2.27. The van der Waals surface area contributed by atoms with Gasteiger partial charge in [-0.05, 0) is 62.1 Å². The molecule has 0 fully saturated rings. The second-order valence-corrected chi connectivity index (χ2v) is 7.78. The maximum atomic E-state index is 13.4. The van der Waals surface area contributed by atoms with Crippen LogP contribution in [0.5, 0.6) is 0 Å². The lowest BCUT2D eigenvalue weighted by Crippen LogP contribution is -2.33. The Kier molecular flexibility index (Phi) is 6.75. The molecule has 5 heteroatoms. The van der Waals surface area contributed by atoms with Crippen LogP contribution in [0.3, 0.4) is 0 Å². The van der Waals surface area contributed by atoms with Crippen molar-refractivity contribution in [2.75, 3.05) is 13.1 Å². The molecule has 0 radical (unpaired) electrons. The molecule has 0 aliphatic carbocycles. The number of hydrogen-bond acceptors (Lipinski definition) is 2. The summed E-state index contributed by atoms with van der Waals surface area (Å²) >= 11 is 6.45. The Hall–Kier alpha value is -2.59. The number of para-hydroxylation sites is 1. The third-order valence-electron chi connectivity index (χ3n) is 5.09. The minimum absolute atomic E-state index is 0.0174. The predicted octanol–water partition coefficient (Wildman–Crippen LogP) is 6.07. The van der Waals surface area contributed by atoms with Crippen LogP contribution in [-0.2, 0) is 0 Å². The Balaban J connectivity index is 2.14. The van der Waals surface area contributed by atoms with E-state index in [9.17, 15) is 4.79 Å². The van der Waals surface area contributed by atoms with E-state index >= 15 is 0 Å². The molecule has 29 heavy (non-hydrogen) atoms. The quantitative estimate of drug-likeness (QED) is 0.474. The summed E-state index contributed by atoms with van der Waals surface area (Å²) in [5, 5.41) is 5.35. The number of amides is 1. The normalized spacial score (nSPS) is 10.9. The molecule has 0 unspecified atom stereocenters. The summed E-state index contributed by atoms with van der Waals surface area (Å²) in [6.07, 6.45) is 1.83. The predicted molar refractivity (Wildman–Crippen MR) is 120 cm³/mol. The number of benzene rings is 2. The van der Waals surface area contributed by atoms with Gasteiger partial charge in [-0.25, -0.2) is 4.68 Å². The van der Waals surface area contributed by atoms with Crippen molar-refractivity contribution in [3.05, 3.63) is 70.4 Å². The summed E-state index contributed by atoms with van der Waals surface area (Å²) in [7, 11) is 0. The first-order valence-electron chi connectivity index (χ1n) is 10.2. The number of nitrogens with zero attached hydrogens (tertiary/aromatic N) is 3. The van der Waals surface area contributed by atoms with Crippen LogP contribution in [0.4, 0.5) is 0 Å². The fraction of sp³-hybridized carbons (Fsp3) is 0.333. The zero-order valence-electron chi connectivity index (χ0n) is 17.6. The largest absolute Gasteiger partial charge is 0.337 e. The van der Waals surface area contributed by atoms with E-state index in [0.29, 0.717) is 16.4 Å². The van der Waals surface area contributed by atoms with Gasteiger partial charge in [0.1, 0.15) is 5.69 Å². The Labute approximate surface area is 178 Å². The second-order valence-electron chi connectivity index (χ2n) is 7.37. The van der Waals surface area contributed by atoms with Gasteiger partial charge in [0.2, 0.25) is 0 Å². The molecule has 0 N–H and O–H groups in total. The molecule has 0 atom stereocenters. The zero-order valence-corrected chi connectivity index (χ0v) is 18.3. The van der Waals surface area contributed by atoms with Crippen LogP contribution in [0.25, 0.3) is 16.9 Å². The Bertz CT molecular complexity index is 1000. The molecule has 1 heterocycles. The fourth-order valence-electron chi connectivity index (χ4n) is 3.40. The van der Waals surface area contributed by atoms with Crippen LogP contribution in [-0.4, -0.2) is 33.7 Å². The summed E-state index contributed by atoms with van der Waals surface area (Å²) in [5.74, 6) is -0.0174. The molecule has 0 saturated carbocycles. The van der Waals surface area contributed by atoms with Crippen LogP contribution >= 0.6 is 11.6 Å². The highest BCUT2D eigenvalue weighted by molar-refractivity contribution is 6.32. The van der Waals surface area contributed by atoms with Crippen molar-refractivity contribution in [3.63, 3.8) is 0 Å². The number of halogens is 1. The first-order chi connectivity index (χ1) is 14.0. The topological polar surface area (TPSA) is 38.1 Å². The summed E-state index contributed by atoms with van der Waals surface area (Å²) in [5.41, 5.74) is 5.43. The van der Waals surface area contributed by atoms with Gasteiger partial charge in [-0.1, -0.05) is 49.7 Å². The van der Waals surface area contributed by atoms with Gasteiger partial charge in [-0.15, -0.1) is 0 Å². The molecule has 3 aromatic rings. The summed E-state index contributed by atoms with van der Waals surface area (Å²) < 4.78 is 1.69. The third kappa shape index (κ3) is 4.54. The molecular formula is C24H28ClN3O. The lowest BCUT2D eigenvalue weighted by atomic mass is 10.0. The van der Waals surface area contributed by atoms with Gasteiger partial charge < -0.3 is 4.90 Å². The van der Waals surface area contributed by atoms with Crippen LogP contribution in [0, 0.1) is 13.8 Å². The van der Waals surface area contributed by atoms with Gasteiger partial charge in [0.25, 0.3) is 5.91 Å². The molecule has 0 aliphatic rings. The van der Waals surface area contributed by atoms with Crippen molar-refractivity contribution in [1.82, 2.24) is 14.7 Å². The molecule has 3 rings (SSSR count). The standard InChI is InChI=1S/C24H28ClN3O/c1-5-13-27(14-6-2)24(29)23-16-21(19-12-11-17(3)18(4)15-19)26-28(23)22-10-8-7-9-20(22)25/h7-12,15-16H,5-6,13-14H2,1-4H3. The molecule has 0 spiro atoms.